The van der Waals surface area contributed by atoms with Crippen LogP contribution in [0.5, 0.6) is 5.75 Å². The van der Waals surface area contributed by atoms with E-state index in [2.05, 4.69) is 15.3 Å². The largest absolute Gasteiger partial charge is 0.491 e. The molecule has 1 aromatic heterocycles. The van der Waals surface area contributed by atoms with Crippen molar-refractivity contribution in [3.05, 3.63) is 42.1 Å². The standard InChI is InChI=1S/C24H34N4O4/c1-15(2)31-19-10-8-18(9-11-19)16(3)26-22-25-13-12-21(27-22)28-20(14-30-23(28)29)17(4)32-24(5,6)7/h8-13,15-17,20H,14H2,1-7H3,(H,25,26,27)/t16-,17+,20+/m0/s1. The quantitative estimate of drug-likeness (QED) is 0.618. The van der Waals surface area contributed by atoms with E-state index in [4.69, 9.17) is 14.2 Å². The zero-order chi connectivity index (χ0) is 23.5. The highest BCUT2D eigenvalue weighted by atomic mass is 16.6. The molecule has 0 radical (unpaired) electrons. The lowest BCUT2D eigenvalue weighted by molar-refractivity contribution is -0.0618. The van der Waals surface area contributed by atoms with E-state index >= 15 is 0 Å². The van der Waals surface area contributed by atoms with E-state index in [0.29, 0.717) is 11.8 Å². The van der Waals surface area contributed by atoms with Gasteiger partial charge in [0.2, 0.25) is 5.95 Å². The van der Waals surface area contributed by atoms with Crippen LogP contribution in [-0.2, 0) is 9.47 Å². The third-order valence-electron chi connectivity index (χ3n) is 4.97. The van der Waals surface area contributed by atoms with E-state index in [0.717, 1.165) is 11.3 Å². The predicted octanol–water partition coefficient (Wildman–Crippen LogP) is 4.97. The van der Waals surface area contributed by atoms with E-state index in [-0.39, 0.29) is 36.5 Å². The summed E-state index contributed by atoms with van der Waals surface area (Å²) >= 11 is 0. The third kappa shape index (κ3) is 6.09. The maximum Gasteiger partial charge on any atom is 0.416 e. The molecular formula is C24H34N4O4. The van der Waals surface area contributed by atoms with Gasteiger partial charge in [0.25, 0.3) is 0 Å². The van der Waals surface area contributed by atoms with Crippen molar-refractivity contribution in [3.63, 3.8) is 0 Å². The van der Waals surface area contributed by atoms with Gasteiger partial charge in [-0.3, -0.25) is 4.90 Å². The topological polar surface area (TPSA) is 85.8 Å². The number of hydrogen-bond donors (Lipinski definition) is 1. The van der Waals surface area contributed by atoms with Crippen molar-refractivity contribution in [2.75, 3.05) is 16.8 Å². The highest BCUT2D eigenvalue weighted by molar-refractivity contribution is 5.89. The number of nitrogens with one attached hydrogen (secondary N) is 1. The van der Waals surface area contributed by atoms with Crippen molar-refractivity contribution in [2.45, 2.75) is 78.4 Å². The molecule has 2 aromatic rings. The van der Waals surface area contributed by atoms with E-state index < -0.39 is 6.09 Å². The Hall–Kier alpha value is -2.87. The molecule has 0 saturated carbocycles. The highest BCUT2D eigenvalue weighted by Crippen LogP contribution is 2.27. The van der Waals surface area contributed by atoms with Crippen LogP contribution in [0, 0.1) is 0 Å². The maximum absolute atomic E-state index is 12.5. The number of nitrogens with zero attached hydrogens (tertiary/aromatic N) is 3. The number of carbonyl (C=O) groups excluding carboxylic acids is 1. The maximum atomic E-state index is 12.5. The fourth-order valence-electron chi connectivity index (χ4n) is 3.62. The first kappa shape index (κ1) is 23.8. The van der Waals surface area contributed by atoms with Gasteiger partial charge >= 0.3 is 6.09 Å². The number of amides is 1. The van der Waals surface area contributed by atoms with Crippen molar-refractivity contribution in [2.24, 2.45) is 0 Å². The van der Waals surface area contributed by atoms with Crippen LogP contribution < -0.4 is 15.0 Å². The number of rotatable bonds is 8. The molecule has 8 nitrogen and oxygen atoms in total. The first-order chi connectivity index (χ1) is 15.0. The van der Waals surface area contributed by atoms with Gasteiger partial charge in [-0.1, -0.05) is 12.1 Å². The van der Waals surface area contributed by atoms with Gasteiger partial charge in [0, 0.05) is 6.20 Å². The van der Waals surface area contributed by atoms with Crippen molar-refractivity contribution < 1.29 is 19.0 Å². The zero-order valence-corrected chi connectivity index (χ0v) is 20.0. The molecule has 32 heavy (non-hydrogen) atoms. The number of carbonyl (C=O) groups is 1. The van der Waals surface area contributed by atoms with E-state index in [1.54, 1.807) is 17.2 Å². The van der Waals surface area contributed by atoms with E-state index in [1.165, 1.54) is 0 Å². The van der Waals surface area contributed by atoms with Gasteiger partial charge in [0.05, 0.1) is 23.9 Å². The third-order valence-corrected chi connectivity index (χ3v) is 4.97. The molecule has 1 aliphatic heterocycles. The Labute approximate surface area is 190 Å². The Balaban J connectivity index is 1.73. The SMILES string of the molecule is CC(C)Oc1ccc([C@H](C)Nc2nccc(N3C(=O)OC[C@@H]3[C@@H](C)OC(C)(C)C)n2)cc1. The van der Waals surface area contributed by atoms with Crippen LogP contribution in [0.25, 0.3) is 0 Å². The Kier molecular flexibility index (Phi) is 7.23. The van der Waals surface area contributed by atoms with Crippen LogP contribution in [0.15, 0.2) is 36.5 Å². The van der Waals surface area contributed by atoms with Crippen LogP contribution in [0.3, 0.4) is 0 Å². The Morgan fingerprint density at radius 1 is 1.12 bits per heavy atom. The van der Waals surface area contributed by atoms with Crippen molar-refractivity contribution in [1.82, 2.24) is 9.97 Å². The van der Waals surface area contributed by atoms with Gasteiger partial charge in [-0.05, 0) is 72.2 Å². The average Bonchev–Trinajstić information content (AvgIpc) is 3.08. The first-order valence-corrected chi connectivity index (χ1v) is 11.0. The smallest absolute Gasteiger partial charge is 0.416 e. The van der Waals surface area contributed by atoms with Gasteiger partial charge in [-0.15, -0.1) is 0 Å². The molecule has 0 bridgehead atoms. The molecule has 174 valence electrons. The second kappa shape index (κ2) is 9.73. The van der Waals surface area contributed by atoms with Crippen LogP contribution in [0.2, 0.25) is 0 Å². The molecule has 8 heteroatoms. The van der Waals surface area contributed by atoms with Gasteiger partial charge in [0.1, 0.15) is 24.2 Å². The number of ether oxygens (including phenoxy) is 3. The lowest BCUT2D eigenvalue weighted by Crippen LogP contribution is -2.45. The van der Waals surface area contributed by atoms with Crippen molar-refractivity contribution >= 4 is 17.9 Å². The van der Waals surface area contributed by atoms with Crippen LogP contribution in [-0.4, -0.2) is 46.5 Å². The number of hydrogen-bond acceptors (Lipinski definition) is 7. The molecule has 3 rings (SSSR count). The minimum atomic E-state index is -0.433. The van der Waals surface area contributed by atoms with Crippen molar-refractivity contribution in [3.8, 4) is 5.75 Å². The predicted molar refractivity (Wildman–Crippen MR) is 124 cm³/mol. The van der Waals surface area contributed by atoms with E-state index in [9.17, 15) is 4.79 Å². The van der Waals surface area contributed by atoms with Crippen LogP contribution >= 0.6 is 0 Å². The second-order valence-corrected chi connectivity index (χ2v) is 9.29. The molecule has 3 atom stereocenters. The Morgan fingerprint density at radius 3 is 2.44 bits per heavy atom. The first-order valence-electron chi connectivity index (χ1n) is 11.0. The molecule has 0 aliphatic carbocycles. The molecule has 1 fully saturated rings. The summed E-state index contributed by atoms with van der Waals surface area (Å²) in [5.41, 5.74) is 0.737. The summed E-state index contributed by atoms with van der Waals surface area (Å²) in [6.07, 6.45) is 1.11. The lowest BCUT2D eigenvalue weighted by Gasteiger charge is -2.31. The summed E-state index contributed by atoms with van der Waals surface area (Å²) in [6.45, 7) is 14.2. The van der Waals surface area contributed by atoms with Gasteiger partial charge in [0.15, 0.2) is 0 Å². The lowest BCUT2D eigenvalue weighted by atomic mass is 10.1. The summed E-state index contributed by atoms with van der Waals surface area (Å²) in [6, 6.07) is 9.32. The van der Waals surface area contributed by atoms with E-state index in [1.807, 2.05) is 72.7 Å². The molecule has 1 aromatic carbocycles. The van der Waals surface area contributed by atoms with Crippen LogP contribution in [0.4, 0.5) is 16.6 Å². The normalized spacial score (nSPS) is 18.4. The summed E-state index contributed by atoms with van der Waals surface area (Å²) in [5.74, 6) is 1.74. The minimum absolute atomic E-state index is 0.0391. The molecule has 0 unspecified atom stereocenters. The molecule has 2 heterocycles. The van der Waals surface area contributed by atoms with Gasteiger partial charge < -0.3 is 19.5 Å². The van der Waals surface area contributed by atoms with Crippen molar-refractivity contribution in [1.29, 1.82) is 0 Å². The number of aromatic nitrogens is 2. The Morgan fingerprint density at radius 2 is 1.81 bits per heavy atom. The molecule has 1 aliphatic rings. The monoisotopic (exact) mass is 442 g/mol. The number of benzene rings is 1. The summed E-state index contributed by atoms with van der Waals surface area (Å²) < 4.78 is 17.1. The molecular weight excluding hydrogens is 408 g/mol. The highest BCUT2D eigenvalue weighted by Gasteiger charge is 2.40. The summed E-state index contributed by atoms with van der Waals surface area (Å²) in [5, 5.41) is 3.31. The molecule has 1 amide bonds. The Bertz CT molecular complexity index is 911. The number of cyclic esters (lactones) is 1. The second-order valence-electron chi connectivity index (χ2n) is 9.29. The average molecular weight is 443 g/mol. The number of anilines is 2. The zero-order valence-electron chi connectivity index (χ0n) is 20.0. The fourth-order valence-corrected chi connectivity index (χ4v) is 3.62. The van der Waals surface area contributed by atoms with Crippen LogP contribution in [0.1, 0.15) is 60.1 Å². The fraction of sp³-hybridized carbons (Fsp3) is 0.542. The van der Waals surface area contributed by atoms with Gasteiger partial charge in [-0.2, -0.15) is 4.98 Å². The molecule has 1 saturated heterocycles. The minimum Gasteiger partial charge on any atom is -0.491 e. The summed E-state index contributed by atoms with van der Waals surface area (Å²) in [7, 11) is 0. The molecule has 1 N–H and O–H groups in total. The molecule has 0 spiro atoms. The summed E-state index contributed by atoms with van der Waals surface area (Å²) in [4.78, 5) is 22.9. The van der Waals surface area contributed by atoms with Gasteiger partial charge in [-0.25, -0.2) is 9.78 Å².